The predicted molar refractivity (Wildman–Crippen MR) is 95.2 cm³/mol. The molecule has 0 atom stereocenters. The summed E-state index contributed by atoms with van der Waals surface area (Å²) in [7, 11) is 0. The topological polar surface area (TPSA) is 482 Å². The van der Waals surface area contributed by atoms with Crippen molar-refractivity contribution in [3.8, 4) is 5.75 Å². The summed E-state index contributed by atoms with van der Waals surface area (Å²) < 4.78 is 5.34. The van der Waals surface area contributed by atoms with E-state index in [0.29, 0.717) is 6.61 Å². The number of hydrogen-bond acceptors (Lipinski definition) is 1. The van der Waals surface area contributed by atoms with Crippen LogP contribution in [-0.2, 0) is 0 Å². The van der Waals surface area contributed by atoms with Gasteiger partial charge in [0.2, 0.25) is 0 Å². The van der Waals surface area contributed by atoms with Gasteiger partial charge in [-0.05, 0) is 12.1 Å². The molecule has 0 amide bonds. The Labute approximate surface area is 142 Å². The van der Waals surface area contributed by atoms with Gasteiger partial charge in [0.15, 0.2) is 0 Å². The van der Waals surface area contributed by atoms with Crippen LogP contribution in [-0.4, -0.2) is 88.7 Å². The third kappa shape index (κ3) is 34.5. The SMILES string of the molecule is C1=Cc2ccccc2OC1.O.O.O.O.O.O.O.O.O.O.O.O.O.O.O. The lowest BCUT2D eigenvalue weighted by Gasteiger charge is -2.10. The fourth-order valence-corrected chi connectivity index (χ4v) is 1.06. The third-order valence-corrected chi connectivity index (χ3v) is 1.55. The minimum absolute atomic E-state index is 0. The molecule has 0 saturated carbocycles. The molecule has 0 saturated heterocycles. The van der Waals surface area contributed by atoms with Crippen LogP contribution in [0.1, 0.15) is 5.56 Å². The number of fused-ring (bicyclic) bond motifs is 1. The van der Waals surface area contributed by atoms with Crippen LogP contribution in [0.3, 0.4) is 0 Å². The Balaban J connectivity index is -0.00000000672. The van der Waals surface area contributed by atoms with Crippen molar-refractivity contribution >= 4 is 6.08 Å². The quantitative estimate of drug-likeness (QED) is 0.400. The molecule has 1 aliphatic heterocycles. The van der Waals surface area contributed by atoms with Gasteiger partial charge in [-0.2, -0.15) is 0 Å². The smallest absolute Gasteiger partial charge is 0.126 e. The van der Waals surface area contributed by atoms with Crippen LogP contribution in [0.5, 0.6) is 5.75 Å². The second-order valence-corrected chi connectivity index (χ2v) is 2.25. The van der Waals surface area contributed by atoms with Crippen LogP contribution in [0.15, 0.2) is 30.3 Å². The van der Waals surface area contributed by atoms with E-state index in [2.05, 4.69) is 6.08 Å². The molecule has 1 heterocycles. The highest BCUT2D eigenvalue weighted by molar-refractivity contribution is 5.58. The maximum Gasteiger partial charge on any atom is 0.126 e. The molecular formula is C9H38O16. The van der Waals surface area contributed by atoms with Crippen molar-refractivity contribution in [3.63, 3.8) is 0 Å². The maximum atomic E-state index is 5.34. The molecule has 2 rings (SSSR count). The summed E-state index contributed by atoms with van der Waals surface area (Å²) in [6.45, 7) is 0.705. The first kappa shape index (κ1) is 136. The molecule has 0 aromatic heterocycles. The Bertz CT molecular complexity index is 282. The van der Waals surface area contributed by atoms with Crippen molar-refractivity contribution in [1.82, 2.24) is 0 Å². The Morgan fingerprint density at radius 2 is 0.880 bits per heavy atom. The number of benzene rings is 1. The van der Waals surface area contributed by atoms with Gasteiger partial charge in [0.05, 0.1) is 0 Å². The predicted octanol–water partition coefficient (Wildman–Crippen LogP) is -10.3. The average Bonchev–Trinajstić information content (AvgIpc) is 2.05. The van der Waals surface area contributed by atoms with Gasteiger partial charge in [-0.1, -0.05) is 24.3 Å². The highest BCUT2D eigenvalue weighted by Crippen LogP contribution is 2.21. The fourth-order valence-electron chi connectivity index (χ4n) is 1.06. The summed E-state index contributed by atoms with van der Waals surface area (Å²) in [6.07, 6.45) is 4.10. The molecule has 0 unspecified atom stereocenters. The van der Waals surface area contributed by atoms with Gasteiger partial charge in [0.25, 0.3) is 0 Å². The molecule has 0 bridgehead atoms. The van der Waals surface area contributed by atoms with Crippen molar-refractivity contribution in [2.24, 2.45) is 0 Å². The van der Waals surface area contributed by atoms with Gasteiger partial charge in [-0.15, -0.1) is 0 Å². The van der Waals surface area contributed by atoms with Gasteiger partial charge in [-0.3, -0.25) is 0 Å². The van der Waals surface area contributed by atoms with E-state index in [4.69, 9.17) is 4.74 Å². The van der Waals surface area contributed by atoms with E-state index in [9.17, 15) is 0 Å². The fraction of sp³-hybridized carbons (Fsp3) is 0.111. The lowest BCUT2D eigenvalue weighted by molar-refractivity contribution is 0.358. The van der Waals surface area contributed by atoms with Crippen molar-refractivity contribution in [2.75, 3.05) is 6.61 Å². The summed E-state index contributed by atoms with van der Waals surface area (Å²) in [6, 6.07) is 8.03. The van der Waals surface area contributed by atoms with E-state index in [1.807, 2.05) is 30.3 Å². The summed E-state index contributed by atoms with van der Waals surface area (Å²) >= 11 is 0. The van der Waals surface area contributed by atoms with E-state index in [1.54, 1.807) is 0 Å². The Kier molecular flexibility index (Phi) is 364. The molecular weight excluding hydrogens is 364 g/mol. The maximum absolute atomic E-state index is 5.34. The zero-order valence-corrected chi connectivity index (χ0v) is 13.1. The Hall–Kier alpha value is -1.84. The van der Waals surface area contributed by atoms with Crippen LogP contribution in [0.25, 0.3) is 6.08 Å². The van der Waals surface area contributed by atoms with Crippen LogP contribution in [0.2, 0.25) is 0 Å². The van der Waals surface area contributed by atoms with Crippen molar-refractivity contribution in [2.45, 2.75) is 0 Å². The normalized spacial score (nSPS) is 5.60. The van der Waals surface area contributed by atoms with Crippen molar-refractivity contribution < 1.29 is 86.9 Å². The Morgan fingerprint density at radius 3 is 1.24 bits per heavy atom. The first-order valence-corrected chi connectivity index (χ1v) is 3.35. The zero-order chi connectivity index (χ0) is 6.81. The minimum atomic E-state index is 0. The lowest BCUT2D eigenvalue weighted by atomic mass is 10.1. The van der Waals surface area contributed by atoms with Gasteiger partial charge < -0.3 is 86.9 Å². The van der Waals surface area contributed by atoms with Crippen LogP contribution in [0.4, 0.5) is 0 Å². The van der Waals surface area contributed by atoms with E-state index in [0.717, 1.165) is 5.75 Å². The van der Waals surface area contributed by atoms with Gasteiger partial charge >= 0.3 is 0 Å². The van der Waals surface area contributed by atoms with Crippen molar-refractivity contribution in [1.29, 1.82) is 0 Å². The van der Waals surface area contributed by atoms with E-state index < -0.39 is 0 Å². The summed E-state index contributed by atoms with van der Waals surface area (Å²) in [4.78, 5) is 0. The molecule has 16 nitrogen and oxygen atoms in total. The molecule has 0 spiro atoms. The van der Waals surface area contributed by atoms with E-state index in [-0.39, 0.29) is 82.1 Å². The molecule has 30 N–H and O–H groups in total. The minimum Gasteiger partial charge on any atom is -0.489 e. The first-order chi connectivity index (χ1) is 4.97. The van der Waals surface area contributed by atoms with Crippen LogP contribution in [0, 0.1) is 0 Å². The van der Waals surface area contributed by atoms with Crippen LogP contribution >= 0.6 is 0 Å². The molecule has 0 radical (unpaired) electrons. The van der Waals surface area contributed by atoms with E-state index in [1.165, 1.54) is 5.56 Å². The van der Waals surface area contributed by atoms with Gasteiger partial charge in [-0.25, -0.2) is 0 Å². The number of ether oxygens (including phenoxy) is 1. The number of rotatable bonds is 0. The average molecular weight is 402 g/mol. The molecule has 0 aliphatic carbocycles. The number of para-hydroxylation sites is 1. The highest BCUT2D eigenvalue weighted by Gasteiger charge is 2.01. The zero-order valence-electron chi connectivity index (χ0n) is 13.1. The second-order valence-electron chi connectivity index (χ2n) is 2.25. The number of hydrogen-bond donors (Lipinski definition) is 0. The summed E-state index contributed by atoms with van der Waals surface area (Å²) in [5, 5.41) is 0. The monoisotopic (exact) mass is 402 g/mol. The summed E-state index contributed by atoms with van der Waals surface area (Å²) in [5.41, 5.74) is 1.17. The molecule has 170 valence electrons. The molecule has 16 heteroatoms. The Morgan fingerprint density at radius 1 is 0.520 bits per heavy atom. The van der Waals surface area contributed by atoms with E-state index >= 15 is 0 Å². The molecule has 0 fully saturated rings. The largest absolute Gasteiger partial charge is 0.489 e. The second kappa shape index (κ2) is 67.1. The highest BCUT2D eigenvalue weighted by atomic mass is 16.5. The third-order valence-electron chi connectivity index (χ3n) is 1.55. The molecule has 1 aromatic carbocycles. The molecule has 1 aromatic rings. The molecule has 1 aliphatic rings. The molecule has 25 heavy (non-hydrogen) atoms. The van der Waals surface area contributed by atoms with Gasteiger partial charge in [0.1, 0.15) is 12.4 Å². The lowest BCUT2D eigenvalue weighted by Crippen LogP contribution is -1.98. The van der Waals surface area contributed by atoms with Gasteiger partial charge in [0, 0.05) is 5.56 Å². The van der Waals surface area contributed by atoms with Crippen LogP contribution < -0.4 is 4.74 Å². The first-order valence-electron chi connectivity index (χ1n) is 3.35. The summed E-state index contributed by atoms with van der Waals surface area (Å²) in [5.74, 6) is 0.991. The van der Waals surface area contributed by atoms with Crippen molar-refractivity contribution in [3.05, 3.63) is 35.9 Å². The standard InChI is InChI=1S/C9H8O.15H2O/c1-2-6-9-8(4-1)5-3-7-10-9;;;;;;;;;;;;;;;/h1-6H,7H2;15*1H2.